The van der Waals surface area contributed by atoms with E-state index in [-0.39, 0.29) is 5.76 Å². The molecular formula is C10H9F3O3. The molecule has 0 unspecified atom stereocenters. The van der Waals surface area contributed by atoms with Crippen molar-refractivity contribution >= 4 is 5.97 Å². The summed E-state index contributed by atoms with van der Waals surface area (Å²) in [5.74, 6) is -3.67. The lowest BCUT2D eigenvalue weighted by molar-refractivity contribution is -0.155. The molecule has 1 heterocycles. The van der Waals surface area contributed by atoms with E-state index >= 15 is 0 Å². The molecule has 0 amide bonds. The van der Waals surface area contributed by atoms with Crippen molar-refractivity contribution in [3.05, 3.63) is 36.3 Å². The Labute approximate surface area is 89.5 Å². The summed E-state index contributed by atoms with van der Waals surface area (Å²) in [6.45, 7) is 3.09. The predicted octanol–water partition coefficient (Wildman–Crippen LogP) is 2.65. The third-order valence-electron chi connectivity index (χ3n) is 1.95. The SMILES string of the molecule is C=C(C(=O)OC)[C@@H](c1ccco1)C(F)(F)F. The molecule has 0 N–H and O–H groups in total. The van der Waals surface area contributed by atoms with Crippen molar-refractivity contribution in [1.29, 1.82) is 0 Å². The van der Waals surface area contributed by atoms with Crippen LogP contribution in [-0.2, 0) is 9.53 Å². The number of hydrogen-bond acceptors (Lipinski definition) is 3. The van der Waals surface area contributed by atoms with Crippen LogP contribution in [0.2, 0.25) is 0 Å². The molecule has 1 rings (SSSR count). The molecule has 0 radical (unpaired) electrons. The van der Waals surface area contributed by atoms with Crippen molar-refractivity contribution < 1.29 is 27.1 Å². The highest BCUT2D eigenvalue weighted by Crippen LogP contribution is 2.40. The first-order valence-corrected chi connectivity index (χ1v) is 4.25. The molecule has 1 aromatic rings. The Hall–Kier alpha value is -1.72. The summed E-state index contributed by atoms with van der Waals surface area (Å²) in [5.41, 5.74) is -0.704. The van der Waals surface area contributed by atoms with Gasteiger partial charge in [-0.15, -0.1) is 0 Å². The van der Waals surface area contributed by atoms with E-state index in [2.05, 4.69) is 15.7 Å². The van der Waals surface area contributed by atoms with E-state index in [1.165, 1.54) is 6.07 Å². The smallest absolute Gasteiger partial charge is 0.402 e. The lowest BCUT2D eigenvalue weighted by atomic mass is 9.97. The molecule has 1 atom stereocenters. The first-order valence-electron chi connectivity index (χ1n) is 4.25. The van der Waals surface area contributed by atoms with Gasteiger partial charge in [-0.05, 0) is 12.1 Å². The zero-order valence-corrected chi connectivity index (χ0v) is 8.38. The molecule has 0 bridgehead atoms. The Kier molecular flexibility index (Phi) is 3.41. The quantitative estimate of drug-likeness (QED) is 0.596. The van der Waals surface area contributed by atoms with Crippen LogP contribution in [0.25, 0.3) is 0 Å². The first kappa shape index (κ1) is 12.4. The second-order valence-electron chi connectivity index (χ2n) is 3.01. The number of ether oxygens (including phenoxy) is 1. The van der Waals surface area contributed by atoms with E-state index in [9.17, 15) is 18.0 Å². The normalized spacial score (nSPS) is 13.2. The average molecular weight is 234 g/mol. The van der Waals surface area contributed by atoms with Crippen molar-refractivity contribution in [2.75, 3.05) is 7.11 Å². The van der Waals surface area contributed by atoms with Crippen LogP contribution in [0.3, 0.4) is 0 Å². The summed E-state index contributed by atoms with van der Waals surface area (Å²) in [6, 6.07) is 2.44. The van der Waals surface area contributed by atoms with Gasteiger partial charge in [0.05, 0.1) is 13.4 Å². The van der Waals surface area contributed by atoms with Gasteiger partial charge in [0, 0.05) is 5.57 Å². The molecule has 0 saturated carbocycles. The van der Waals surface area contributed by atoms with E-state index in [1.807, 2.05) is 0 Å². The minimum absolute atomic E-state index is 0.386. The van der Waals surface area contributed by atoms with Crippen LogP contribution in [0.4, 0.5) is 13.2 Å². The molecular weight excluding hydrogens is 225 g/mol. The maximum Gasteiger partial charge on any atom is 0.402 e. The number of esters is 1. The van der Waals surface area contributed by atoms with Crippen LogP contribution in [0, 0.1) is 0 Å². The second-order valence-corrected chi connectivity index (χ2v) is 3.01. The largest absolute Gasteiger partial charge is 0.468 e. The molecule has 6 heteroatoms. The number of carbonyl (C=O) groups is 1. The van der Waals surface area contributed by atoms with Crippen LogP contribution in [-0.4, -0.2) is 19.3 Å². The summed E-state index contributed by atoms with van der Waals surface area (Å²) in [7, 11) is 0.989. The van der Waals surface area contributed by atoms with Crippen LogP contribution >= 0.6 is 0 Å². The Morgan fingerprint density at radius 3 is 2.56 bits per heavy atom. The van der Waals surface area contributed by atoms with Gasteiger partial charge in [0.15, 0.2) is 0 Å². The number of halogens is 3. The Balaban J connectivity index is 3.08. The number of alkyl halides is 3. The zero-order valence-electron chi connectivity index (χ0n) is 8.38. The average Bonchev–Trinajstić information content (AvgIpc) is 2.67. The summed E-state index contributed by atoms with van der Waals surface area (Å²) < 4.78 is 47.0. The lowest BCUT2D eigenvalue weighted by Crippen LogP contribution is -2.26. The molecule has 0 saturated heterocycles. The van der Waals surface area contributed by atoms with E-state index in [1.54, 1.807) is 0 Å². The highest BCUT2D eigenvalue weighted by atomic mass is 19.4. The Bertz CT molecular complexity index is 379. The molecule has 16 heavy (non-hydrogen) atoms. The van der Waals surface area contributed by atoms with Gasteiger partial charge < -0.3 is 9.15 Å². The van der Waals surface area contributed by atoms with Crippen LogP contribution < -0.4 is 0 Å². The standard InChI is InChI=1S/C10H9F3O3/c1-6(9(14)15-2)8(10(11,12)13)7-4-3-5-16-7/h3-5,8H,1H2,2H3/t8-/m0/s1. The third-order valence-corrected chi connectivity index (χ3v) is 1.95. The predicted molar refractivity (Wildman–Crippen MR) is 48.7 cm³/mol. The zero-order chi connectivity index (χ0) is 12.3. The van der Waals surface area contributed by atoms with E-state index < -0.39 is 23.6 Å². The maximum absolute atomic E-state index is 12.7. The van der Waals surface area contributed by atoms with E-state index in [4.69, 9.17) is 0 Å². The fourth-order valence-electron chi connectivity index (χ4n) is 1.24. The van der Waals surface area contributed by atoms with Gasteiger partial charge in [-0.25, -0.2) is 4.79 Å². The molecule has 0 aliphatic heterocycles. The van der Waals surface area contributed by atoms with Gasteiger partial charge in [-0.3, -0.25) is 0 Å². The Morgan fingerprint density at radius 1 is 1.56 bits per heavy atom. The van der Waals surface area contributed by atoms with Crippen molar-refractivity contribution in [2.45, 2.75) is 12.1 Å². The maximum atomic E-state index is 12.7. The molecule has 1 aromatic heterocycles. The highest BCUT2D eigenvalue weighted by Gasteiger charge is 2.46. The molecule has 3 nitrogen and oxygen atoms in total. The fourth-order valence-corrected chi connectivity index (χ4v) is 1.24. The van der Waals surface area contributed by atoms with Crippen molar-refractivity contribution in [3.63, 3.8) is 0 Å². The van der Waals surface area contributed by atoms with E-state index in [0.29, 0.717) is 0 Å². The second kappa shape index (κ2) is 4.42. The highest BCUT2D eigenvalue weighted by molar-refractivity contribution is 5.89. The van der Waals surface area contributed by atoms with Gasteiger partial charge in [-0.1, -0.05) is 6.58 Å². The summed E-state index contributed by atoms with van der Waals surface area (Å²) >= 11 is 0. The molecule has 0 spiro atoms. The Morgan fingerprint density at radius 2 is 2.19 bits per heavy atom. The summed E-state index contributed by atoms with van der Waals surface area (Å²) in [4.78, 5) is 11.0. The van der Waals surface area contributed by atoms with Crippen molar-refractivity contribution in [1.82, 2.24) is 0 Å². The number of methoxy groups -OCH3 is 1. The first-order chi connectivity index (χ1) is 7.38. The van der Waals surface area contributed by atoms with Crippen LogP contribution in [0.5, 0.6) is 0 Å². The molecule has 88 valence electrons. The molecule has 0 fully saturated rings. The topological polar surface area (TPSA) is 39.4 Å². The van der Waals surface area contributed by atoms with E-state index in [0.717, 1.165) is 19.4 Å². The van der Waals surface area contributed by atoms with Crippen molar-refractivity contribution in [2.24, 2.45) is 0 Å². The van der Waals surface area contributed by atoms with Crippen molar-refractivity contribution in [3.8, 4) is 0 Å². The number of rotatable bonds is 3. The number of hydrogen-bond donors (Lipinski definition) is 0. The van der Waals surface area contributed by atoms with Gasteiger partial charge >= 0.3 is 12.1 Å². The third kappa shape index (κ3) is 2.44. The molecule has 0 aliphatic rings. The molecule has 0 aliphatic carbocycles. The minimum atomic E-state index is -4.65. The fraction of sp³-hybridized carbons (Fsp3) is 0.300. The molecule has 0 aromatic carbocycles. The monoisotopic (exact) mass is 234 g/mol. The van der Waals surface area contributed by atoms with Crippen LogP contribution in [0.1, 0.15) is 11.7 Å². The minimum Gasteiger partial charge on any atom is -0.468 e. The number of carbonyl (C=O) groups excluding carboxylic acids is 1. The summed E-state index contributed by atoms with van der Waals surface area (Å²) in [6.07, 6.45) is -3.55. The lowest BCUT2D eigenvalue weighted by Gasteiger charge is -2.18. The number of furan rings is 1. The van der Waals surface area contributed by atoms with Crippen LogP contribution in [0.15, 0.2) is 35.0 Å². The van der Waals surface area contributed by atoms with Gasteiger partial charge in [0.2, 0.25) is 0 Å². The van der Waals surface area contributed by atoms with Gasteiger partial charge in [0.1, 0.15) is 11.7 Å². The van der Waals surface area contributed by atoms with Gasteiger partial charge in [0.25, 0.3) is 0 Å². The summed E-state index contributed by atoms with van der Waals surface area (Å²) in [5, 5.41) is 0. The van der Waals surface area contributed by atoms with Gasteiger partial charge in [-0.2, -0.15) is 13.2 Å².